The lowest BCUT2D eigenvalue weighted by molar-refractivity contribution is -0.182. The second kappa shape index (κ2) is 6.77. The van der Waals surface area contributed by atoms with Crippen LogP contribution >= 0.6 is 0 Å². The molecule has 6 saturated carbocycles. The van der Waals surface area contributed by atoms with E-state index in [1.807, 2.05) is 24.3 Å². The van der Waals surface area contributed by atoms with Crippen LogP contribution in [0.25, 0.3) is 0 Å². The third-order valence-corrected chi connectivity index (χ3v) is 9.13. The summed E-state index contributed by atoms with van der Waals surface area (Å²) in [4.78, 5) is 26.3. The summed E-state index contributed by atoms with van der Waals surface area (Å²) in [5.74, 6) is 4.23. The summed E-state index contributed by atoms with van der Waals surface area (Å²) in [6.45, 7) is 5.46. The van der Waals surface area contributed by atoms with Gasteiger partial charge in [0.25, 0.3) is 0 Å². The molecular formula is C28H28O6. The van der Waals surface area contributed by atoms with E-state index in [4.69, 9.17) is 18.9 Å². The van der Waals surface area contributed by atoms with E-state index in [-0.39, 0.29) is 22.8 Å². The molecule has 0 heterocycles. The molecular weight excluding hydrogens is 432 g/mol. The monoisotopic (exact) mass is 460 g/mol. The topological polar surface area (TPSA) is 71.1 Å². The molecule has 2 aromatic rings. The average molecular weight is 461 g/mol. The molecule has 8 rings (SSSR count). The number of hydrogen-bond acceptors (Lipinski definition) is 6. The van der Waals surface area contributed by atoms with Crippen LogP contribution in [0.4, 0.5) is 0 Å². The first-order valence-corrected chi connectivity index (χ1v) is 12.5. The van der Waals surface area contributed by atoms with Crippen molar-refractivity contribution in [2.45, 2.75) is 26.7 Å². The van der Waals surface area contributed by atoms with Crippen LogP contribution in [0.3, 0.4) is 0 Å². The Bertz CT molecular complexity index is 1050. The largest absolute Gasteiger partial charge is 0.494 e. The molecule has 0 atom stereocenters. The fourth-order valence-electron chi connectivity index (χ4n) is 8.15. The van der Waals surface area contributed by atoms with Gasteiger partial charge in [0.2, 0.25) is 0 Å². The van der Waals surface area contributed by atoms with Gasteiger partial charge in [-0.2, -0.15) is 0 Å². The van der Waals surface area contributed by atoms with E-state index in [2.05, 4.69) is 13.8 Å². The maximum Gasteiger partial charge on any atom is 0.318 e. The van der Waals surface area contributed by atoms with Gasteiger partial charge in [0.15, 0.2) is 0 Å². The maximum atomic E-state index is 13.1. The summed E-state index contributed by atoms with van der Waals surface area (Å²) in [6, 6.07) is 14.5. The maximum absolute atomic E-state index is 13.1. The molecule has 0 radical (unpaired) electrons. The van der Waals surface area contributed by atoms with E-state index in [0.717, 1.165) is 24.3 Å². The predicted molar refractivity (Wildman–Crippen MR) is 122 cm³/mol. The number of carbonyl (C=O) groups is 2. The van der Waals surface area contributed by atoms with Crippen molar-refractivity contribution < 1.29 is 28.5 Å². The Morgan fingerprint density at radius 2 is 0.882 bits per heavy atom. The second-order valence-corrected chi connectivity index (χ2v) is 10.4. The van der Waals surface area contributed by atoms with E-state index in [0.29, 0.717) is 60.2 Å². The smallest absolute Gasteiger partial charge is 0.318 e. The van der Waals surface area contributed by atoms with Gasteiger partial charge in [0.05, 0.1) is 24.0 Å². The Hall–Kier alpha value is -3.02. The van der Waals surface area contributed by atoms with E-state index < -0.39 is 0 Å². The molecule has 6 nitrogen and oxygen atoms in total. The number of ether oxygens (including phenoxy) is 4. The lowest BCUT2D eigenvalue weighted by Crippen LogP contribution is -2.61. The Kier molecular flexibility index (Phi) is 4.05. The van der Waals surface area contributed by atoms with E-state index in [1.165, 1.54) is 0 Å². The minimum absolute atomic E-state index is 0.109. The third-order valence-electron chi connectivity index (χ3n) is 9.13. The fourth-order valence-corrected chi connectivity index (χ4v) is 8.15. The molecule has 2 aromatic carbocycles. The molecule has 0 spiro atoms. The Morgan fingerprint density at radius 1 is 0.588 bits per heavy atom. The average Bonchev–Trinajstić information content (AvgIpc) is 3.59. The third kappa shape index (κ3) is 2.22. The fraction of sp³-hybridized carbons (Fsp3) is 0.500. The summed E-state index contributed by atoms with van der Waals surface area (Å²) >= 11 is 0. The number of rotatable bonds is 10. The lowest BCUT2D eigenvalue weighted by Gasteiger charge is -2.54. The quantitative estimate of drug-likeness (QED) is 0.384. The number of benzene rings is 2. The zero-order chi connectivity index (χ0) is 23.2. The highest BCUT2D eigenvalue weighted by Crippen LogP contribution is 3.10. The minimum Gasteiger partial charge on any atom is -0.494 e. The molecule has 6 aliphatic rings. The normalized spacial score (nSPS) is 38.1. The Balaban J connectivity index is 0.984. The van der Waals surface area contributed by atoms with Crippen molar-refractivity contribution in [3.8, 4) is 23.0 Å². The minimum atomic E-state index is -0.336. The van der Waals surface area contributed by atoms with Gasteiger partial charge in [-0.25, -0.2) is 0 Å². The van der Waals surface area contributed by atoms with Gasteiger partial charge in [-0.05, 0) is 96.9 Å². The van der Waals surface area contributed by atoms with Crippen LogP contribution in [0.15, 0.2) is 48.5 Å². The SMILES string of the molecule is CCCOc1ccc(OC(=O)C23C4C2C2C5C3C4C52C(=O)Oc2ccc(OCCC)cc2)cc1. The van der Waals surface area contributed by atoms with Crippen molar-refractivity contribution in [2.75, 3.05) is 13.2 Å². The molecule has 0 aliphatic heterocycles. The summed E-state index contributed by atoms with van der Waals surface area (Å²) in [7, 11) is 0. The molecule has 0 amide bonds. The molecule has 0 bridgehead atoms. The van der Waals surface area contributed by atoms with Crippen molar-refractivity contribution in [1.29, 1.82) is 0 Å². The van der Waals surface area contributed by atoms with Crippen molar-refractivity contribution >= 4 is 11.9 Å². The number of esters is 2. The van der Waals surface area contributed by atoms with Crippen LogP contribution in [-0.2, 0) is 9.59 Å². The van der Waals surface area contributed by atoms with Crippen LogP contribution in [-0.4, -0.2) is 25.2 Å². The van der Waals surface area contributed by atoms with Gasteiger partial charge in [-0.3, -0.25) is 9.59 Å². The van der Waals surface area contributed by atoms with Crippen molar-refractivity contribution in [2.24, 2.45) is 46.3 Å². The first-order valence-electron chi connectivity index (χ1n) is 12.5. The molecule has 6 aliphatic carbocycles. The van der Waals surface area contributed by atoms with E-state index in [1.54, 1.807) is 24.3 Å². The molecule has 0 N–H and O–H groups in total. The highest BCUT2D eigenvalue weighted by atomic mass is 16.5. The zero-order valence-electron chi connectivity index (χ0n) is 19.4. The summed E-state index contributed by atoms with van der Waals surface area (Å²) in [6.07, 6.45) is 1.89. The van der Waals surface area contributed by atoms with Gasteiger partial charge < -0.3 is 18.9 Å². The highest BCUT2D eigenvalue weighted by molar-refractivity contribution is 5.98. The van der Waals surface area contributed by atoms with Crippen molar-refractivity contribution in [3.63, 3.8) is 0 Å². The van der Waals surface area contributed by atoms with E-state index >= 15 is 0 Å². The summed E-state index contributed by atoms with van der Waals surface area (Å²) < 4.78 is 22.8. The van der Waals surface area contributed by atoms with Crippen LogP contribution in [0.1, 0.15) is 26.7 Å². The van der Waals surface area contributed by atoms with Crippen LogP contribution in [0.5, 0.6) is 23.0 Å². The standard InChI is InChI=1S/C28H28O6/c1-3-13-31-15-5-9-17(10-6-15)33-25(29)27-19-21(27)22-20-23(27)24(19)28(20,22)26(30)34-18-11-7-16(8-12-18)32-14-4-2/h5-12,19-24H,3-4,13-14H2,1-2H3. The van der Waals surface area contributed by atoms with Gasteiger partial charge in [0, 0.05) is 0 Å². The zero-order valence-corrected chi connectivity index (χ0v) is 19.4. The molecule has 0 unspecified atom stereocenters. The molecule has 176 valence electrons. The summed E-state index contributed by atoms with van der Waals surface area (Å²) in [5.41, 5.74) is -0.671. The predicted octanol–water partition coefficient (Wildman–Crippen LogP) is 4.51. The molecule has 6 heteroatoms. The molecule has 34 heavy (non-hydrogen) atoms. The highest BCUT2D eigenvalue weighted by Gasteiger charge is 3.13. The second-order valence-electron chi connectivity index (χ2n) is 10.4. The van der Waals surface area contributed by atoms with Gasteiger partial charge in [-0.15, -0.1) is 0 Å². The van der Waals surface area contributed by atoms with Crippen molar-refractivity contribution in [3.05, 3.63) is 48.5 Å². The number of hydrogen-bond donors (Lipinski definition) is 0. The molecule has 0 saturated heterocycles. The van der Waals surface area contributed by atoms with Crippen LogP contribution in [0.2, 0.25) is 0 Å². The van der Waals surface area contributed by atoms with E-state index in [9.17, 15) is 9.59 Å². The molecule has 6 fully saturated rings. The van der Waals surface area contributed by atoms with Gasteiger partial charge >= 0.3 is 11.9 Å². The Labute approximate surface area is 198 Å². The first-order chi connectivity index (χ1) is 16.6. The first kappa shape index (κ1) is 20.4. The lowest BCUT2D eigenvalue weighted by atomic mass is 9.47. The Morgan fingerprint density at radius 3 is 1.18 bits per heavy atom. The van der Waals surface area contributed by atoms with Gasteiger partial charge in [-0.1, -0.05) is 13.8 Å². The summed E-state index contributed by atoms with van der Waals surface area (Å²) in [5, 5.41) is 0. The molecule has 0 aromatic heterocycles. The van der Waals surface area contributed by atoms with Crippen LogP contribution in [0, 0.1) is 46.3 Å². The van der Waals surface area contributed by atoms with Gasteiger partial charge in [0.1, 0.15) is 23.0 Å². The van der Waals surface area contributed by atoms with Crippen LogP contribution < -0.4 is 18.9 Å². The number of carbonyl (C=O) groups excluding carboxylic acids is 2. The van der Waals surface area contributed by atoms with Crippen molar-refractivity contribution in [1.82, 2.24) is 0 Å².